The molecule has 2 aromatic heterocycles. The number of aromatic nitrogens is 3. The maximum Gasteiger partial charge on any atom is 0.269 e. The summed E-state index contributed by atoms with van der Waals surface area (Å²) in [5, 5.41) is 15.2. The summed E-state index contributed by atoms with van der Waals surface area (Å²) in [5.74, 6) is 0.759. The monoisotopic (exact) mass is 1600 g/mol. The average molecular weight is 1600 g/mol. The van der Waals surface area contributed by atoms with Crippen LogP contribution in [0.5, 0.6) is 0 Å². The van der Waals surface area contributed by atoms with Crippen molar-refractivity contribution >= 4 is 113 Å². The summed E-state index contributed by atoms with van der Waals surface area (Å²) in [6, 6.07) is 45.7. The SMILES string of the molecule is CCP1(=O)CCN(c2ccc(-c3ccc4cnc(C)nn34)cc2)CC1.CCP1(=O)CCN(c2ccc(Br)cc2)CC1.CCP1(=O)CCN(c2ccc(N)cc2)CC1.CP1(=O)CCN(C2CCN(c3ccc(Br)cc3)CC2)CC1.CP1(=O)CCN(C2CCN(c3ccc([N+](=O)[O-])cc3)CC2)CC1. The molecule has 0 unspecified atom stereocenters. The first-order valence-electron chi connectivity index (χ1n) is 36.4. The van der Waals surface area contributed by atoms with Crippen LogP contribution in [0.2, 0.25) is 0 Å². The van der Waals surface area contributed by atoms with E-state index in [1.54, 1.807) is 12.1 Å². The van der Waals surface area contributed by atoms with Crippen molar-refractivity contribution in [2.24, 2.45) is 0 Å². The molecule has 7 saturated heterocycles. The summed E-state index contributed by atoms with van der Waals surface area (Å²) >= 11 is 6.93. The zero-order valence-electron chi connectivity index (χ0n) is 60.2. The van der Waals surface area contributed by atoms with Crippen LogP contribution >= 0.6 is 67.6 Å². The molecular weight excluding hydrogens is 1500 g/mol. The normalized spacial score (nSPS) is 20.7. The van der Waals surface area contributed by atoms with Gasteiger partial charge < -0.3 is 53.1 Å². The van der Waals surface area contributed by atoms with Gasteiger partial charge >= 0.3 is 0 Å². The third-order valence-corrected chi connectivity index (χ3v) is 37.1. The molecule has 101 heavy (non-hydrogen) atoms. The van der Waals surface area contributed by atoms with Gasteiger partial charge in [-0.3, -0.25) is 19.9 Å². The Balaban J connectivity index is 0.000000138. The summed E-state index contributed by atoms with van der Waals surface area (Å²) in [4.78, 5) is 31.5. The first-order chi connectivity index (χ1) is 48.3. The number of nitro benzene ring substituents is 1. The molecule has 0 aliphatic carbocycles. The average Bonchev–Trinajstić information content (AvgIpc) is 1.70. The number of rotatable bonds is 12. The van der Waals surface area contributed by atoms with Crippen LogP contribution in [-0.4, -0.2) is 226 Å². The number of fused-ring (bicyclic) bond motifs is 1. The second kappa shape index (κ2) is 35.8. The van der Waals surface area contributed by atoms with Gasteiger partial charge in [-0.1, -0.05) is 64.8 Å². The number of benzene rings is 5. The molecule has 7 fully saturated rings. The molecule has 2 N–H and O–H groups in total. The van der Waals surface area contributed by atoms with Gasteiger partial charge in [0.05, 0.1) is 58.0 Å². The van der Waals surface area contributed by atoms with E-state index in [4.69, 9.17) is 5.73 Å². The van der Waals surface area contributed by atoms with Crippen LogP contribution in [-0.2, 0) is 22.8 Å². The van der Waals surface area contributed by atoms with Crippen LogP contribution in [0.3, 0.4) is 0 Å². The summed E-state index contributed by atoms with van der Waals surface area (Å²) < 4.78 is 65.2. The van der Waals surface area contributed by atoms with Crippen molar-refractivity contribution in [3.8, 4) is 11.3 Å². The molecule has 0 atom stereocenters. The molecule has 9 heterocycles. The number of aryl methyl sites for hydroxylation is 1. The number of nitrogen functional groups attached to an aromatic ring is 1. The summed E-state index contributed by atoms with van der Waals surface area (Å²) in [5.41, 5.74) is 15.8. The Hall–Kier alpha value is -5.05. The maximum atomic E-state index is 12.5. The van der Waals surface area contributed by atoms with E-state index in [0.717, 1.165) is 227 Å². The van der Waals surface area contributed by atoms with Crippen LogP contribution in [0.4, 0.5) is 39.8 Å². The fourth-order valence-corrected chi connectivity index (χ4v) is 24.4. The molecule has 7 aromatic rings. The van der Waals surface area contributed by atoms with Gasteiger partial charge in [-0.2, -0.15) is 5.10 Å². The Morgan fingerprint density at radius 1 is 0.446 bits per heavy atom. The van der Waals surface area contributed by atoms with E-state index < -0.39 is 35.7 Å². The Morgan fingerprint density at radius 3 is 1.10 bits per heavy atom. The van der Waals surface area contributed by atoms with E-state index in [0.29, 0.717) is 12.1 Å². The highest BCUT2D eigenvalue weighted by Gasteiger charge is 2.34. The minimum absolute atomic E-state index is 0.140. The number of piperidine rings is 2. The van der Waals surface area contributed by atoms with Gasteiger partial charge in [0.2, 0.25) is 0 Å². The third kappa shape index (κ3) is 22.3. The van der Waals surface area contributed by atoms with Gasteiger partial charge in [-0.15, -0.1) is 0 Å². The smallest absolute Gasteiger partial charge is 0.269 e. The fraction of sp³-hybridized carbons (Fsp3) is 0.520. The van der Waals surface area contributed by atoms with Crippen molar-refractivity contribution in [2.45, 2.75) is 65.5 Å². The van der Waals surface area contributed by atoms with E-state index in [-0.39, 0.29) is 10.6 Å². The third-order valence-electron chi connectivity index (χ3n) is 21.9. The van der Waals surface area contributed by atoms with Crippen molar-refractivity contribution in [1.29, 1.82) is 0 Å². The van der Waals surface area contributed by atoms with E-state index in [1.165, 1.54) is 35.6 Å². The van der Waals surface area contributed by atoms with Gasteiger partial charge in [0.1, 0.15) is 5.82 Å². The molecule has 26 heteroatoms. The first-order valence-corrected chi connectivity index (χ1v) is 49.8. The molecule has 0 amide bonds. The van der Waals surface area contributed by atoms with E-state index in [9.17, 15) is 32.9 Å². The lowest BCUT2D eigenvalue weighted by atomic mass is 10.0. The number of nitrogens with two attached hydrogens (primary N) is 1. The van der Waals surface area contributed by atoms with Gasteiger partial charge in [-0.05, 0) is 174 Å². The molecule has 0 radical (unpaired) electrons. The Kier molecular flexibility index (Phi) is 27.9. The standard InChI is InChI=1S/C19H23N4OP.C16H24BrN2OP.C16H24N3O3P.C12H17BrNOP.C12H19N2OP/c1-3-25(24)12-10-22(11-13-25)17-6-4-16(5-7-17)19-9-8-18-14-20-15(2)21-23(18)19;1-21(20)12-10-19(11-13-21)16-6-8-18(9-7-16)15-4-2-14(17)3-5-15;1-23(22)12-10-18(11-13-23)15-6-8-17(9-7-15)14-2-4-16(5-3-14)19(20)21;2*1-2-16(15)9-7-14(8-10-16)12-5-3-11(13)4-6-12/h4-9,14H,3,10-13H2,1-2H3;2-5,16H,6-13H2,1H3;2-5,15H,6-13H2,1H3;3-6H,2,7-10H2,1H3;3-6H,2,7-10,13H2,1H3. The molecule has 0 spiro atoms. The molecule has 7 aliphatic heterocycles. The van der Waals surface area contributed by atoms with E-state index in [2.05, 4.69) is 169 Å². The van der Waals surface area contributed by atoms with E-state index >= 15 is 0 Å². The van der Waals surface area contributed by atoms with Crippen LogP contribution < -0.4 is 30.2 Å². The highest BCUT2D eigenvalue weighted by atomic mass is 79.9. The van der Waals surface area contributed by atoms with Crippen LogP contribution in [0, 0.1) is 17.0 Å². The van der Waals surface area contributed by atoms with Gasteiger partial charge in [0, 0.05) is 226 Å². The van der Waals surface area contributed by atoms with Gasteiger partial charge in [0.25, 0.3) is 5.69 Å². The molecule has 19 nitrogen and oxygen atoms in total. The first kappa shape index (κ1) is 78.5. The second-order valence-electron chi connectivity index (χ2n) is 28.6. The Morgan fingerprint density at radius 2 is 0.762 bits per heavy atom. The summed E-state index contributed by atoms with van der Waals surface area (Å²) in [6.07, 6.45) is 17.7. The quantitative estimate of drug-likeness (QED) is 0.0522. The number of non-ortho nitro benzene ring substituents is 1. The number of nitro groups is 1. The zero-order chi connectivity index (χ0) is 72.0. The number of halogens is 2. The van der Waals surface area contributed by atoms with Crippen molar-refractivity contribution < 1.29 is 27.7 Å². The van der Waals surface area contributed by atoms with Gasteiger partial charge in [0.15, 0.2) is 0 Å². The van der Waals surface area contributed by atoms with Crippen molar-refractivity contribution in [3.05, 3.63) is 165 Å². The maximum absolute atomic E-state index is 12.5. The summed E-state index contributed by atoms with van der Waals surface area (Å²) in [6.45, 7) is 25.7. The lowest BCUT2D eigenvalue weighted by molar-refractivity contribution is -0.384. The highest BCUT2D eigenvalue weighted by Crippen LogP contribution is 2.50. The zero-order valence-corrected chi connectivity index (χ0v) is 67.8. The molecule has 548 valence electrons. The van der Waals surface area contributed by atoms with Gasteiger partial charge in [-0.25, -0.2) is 9.50 Å². The Bertz CT molecular complexity index is 3950. The fourth-order valence-electron chi connectivity index (χ4n) is 14.5. The van der Waals surface area contributed by atoms with Crippen molar-refractivity contribution in [3.63, 3.8) is 0 Å². The van der Waals surface area contributed by atoms with Crippen molar-refractivity contribution in [2.75, 3.05) is 215 Å². The second-order valence-corrected chi connectivity index (χ2v) is 48.4. The summed E-state index contributed by atoms with van der Waals surface area (Å²) in [7, 11) is -9.18. The molecule has 14 rings (SSSR count). The van der Waals surface area contributed by atoms with Crippen LogP contribution in [0.25, 0.3) is 16.8 Å². The number of hydrogen-bond donors (Lipinski definition) is 1. The molecule has 7 aliphatic rings. The predicted octanol–water partition coefficient (Wildman–Crippen LogP) is 16.6. The number of anilines is 6. The minimum Gasteiger partial charge on any atom is -0.399 e. The highest BCUT2D eigenvalue weighted by molar-refractivity contribution is 9.10. The van der Waals surface area contributed by atoms with Crippen molar-refractivity contribution in [1.82, 2.24) is 24.4 Å². The topological polar surface area (TPSA) is 207 Å². The molecule has 0 saturated carbocycles. The van der Waals surface area contributed by atoms with Crippen LogP contribution in [0.1, 0.15) is 52.3 Å². The predicted molar refractivity (Wildman–Crippen MR) is 436 cm³/mol. The molecule has 5 aromatic carbocycles. The number of nitrogens with zero attached hydrogens (tertiary/aromatic N) is 11. The lowest BCUT2D eigenvalue weighted by Gasteiger charge is -2.42. The minimum atomic E-state index is -1.89. The number of hydrogen-bond acceptors (Lipinski definition) is 17. The van der Waals surface area contributed by atoms with E-state index in [1.807, 2.05) is 80.4 Å². The lowest BCUT2D eigenvalue weighted by Crippen LogP contribution is -2.48. The molecular formula is C75H107Br2N12O7P5. The molecule has 0 bridgehead atoms. The van der Waals surface area contributed by atoms with Crippen LogP contribution in [0.15, 0.2) is 149 Å². The Labute approximate surface area is 617 Å². The largest absolute Gasteiger partial charge is 0.399 e.